The molecular weight excluding hydrogens is 472 g/mol. The Balaban J connectivity index is 1.09. The maximum absolute atomic E-state index is 13.3. The van der Waals surface area contributed by atoms with Crippen LogP contribution in [0.4, 0.5) is 4.79 Å². The number of aryl methyl sites for hydroxylation is 2. The smallest absolute Gasteiger partial charge is 0.317 e. The fraction of sp³-hybridized carbons (Fsp3) is 0.323. The number of amides is 2. The lowest BCUT2D eigenvalue weighted by atomic mass is 10.0. The van der Waals surface area contributed by atoms with Crippen molar-refractivity contribution in [1.29, 1.82) is 0 Å². The van der Waals surface area contributed by atoms with Crippen LogP contribution in [0, 0.1) is 13.8 Å². The highest BCUT2D eigenvalue weighted by Gasteiger charge is 2.29. The average Bonchev–Trinajstić information content (AvgIpc) is 3.58. The molecule has 2 aliphatic rings. The van der Waals surface area contributed by atoms with Crippen molar-refractivity contribution in [2.75, 3.05) is 19.6 Å². The monoisotopic (exact) mass is 506 g/mol. The molecule has 0 unspecified atom stereocenters. The molecule has 4 aromatic rings. The Morgan fingerprint density at radius 2 is 1.82 bits per heavy atom. The van der Waals surface area contributed by atoms with Gasteiger partial charge in [-0.05, 0) is 49.1 Å². The van der Waals surface area contributed by atoms with E-state index in [1.165, 1.54) is 16.7 Å². The largest absolute Gasteiger partial charge is 0.334 e. The number of aromatic nitrogens is 3. The van der Waals surface area contributed by atoms with E-state index in [0.29, 0.717) is 13.1 Å². The number of pyridine rings is 1. The van der Waals surface area contributed by atoms with E-state index in [1.807, 2.05) is 35.4 Å². The molecule has 2 aromatic carbocycles. The van der Waals surface area contributed by atoms with Gasteiger partial charge in [-0.15, -0.1) is 0 Å². The number of likely N-dealkylation sites (tertiary alicyclic amines) is 1. The maximum Gasteiger partial charge on any atom is 0.317 e. The van der Waals surface area contributed by atoms with E-state index in [4.69, 9.17) is 0 Å². The normalized spacial score (nSPS) is 17.4. The van der Waals surface area contributed by atoms with Crippen LogP contribution >= 0.6 is 0 Å². The first-order valence-corrected chi connectivity index (χ1v) is 13.5. The summed E-state index contributed by atoms with van der Waals surface area (Å²) in [6.07, 6.45) is 3.63. The van der Waals surface area contributed by atoms with Crippen LogP contribution in [-0.4, -0.2) is 56.7 Å². The van der Waals surface area contributed by atoms with Crippen LogP contribution in [0.2, 0.25) is 0 Å². The average molecular weight is 507 g/mol. The van der Waals surface area contributed by atoms with Gasteiger partial charge in [0.25, 0.3) is 0 Å². The number of nitrogens with one attached hydrogen (secondary N) is 2. The molecule has 7 heteroatoms. The van der Waals surface area contributed by atoms with Crippen molar-refractivity contribution in [1.82, 2.24) is 30.3 Å². The predicted molar refractivity (Wildman–Crippen MR) is 149 cm³/mol. The highest BCUT2D eigenvalue weighted by molar-refractivity contribution is 5.76. The third-order valence-electron chi connectivity index (χ3n) is 7.95. The number of fused-ring (bicyclic) bond motifs is 1. The van der Waals surface area contributed by atoms with E-state index in [-0.39, 0.29) is 12.1 Å². The van der Waals surface area contributed by atoms with Gasteiger partial charge < -0.3 is 10.2 Å². The van der Waals surface area contributed by atoms with Gasteiger partial charge in [0.1, 0.15) is 0 Å². The zero-order chi connectivity index (χ0) is 26.1. The summed E-state index contributed by atoms with van der Waals surface area (Å²) in [6, 6.07) is 20.9. The van der Waals surface area contributed by atoms with Crippen LogP contribution in [0.15, 0.2) is 66.9 Å². The number of nitrogens with zero attached hydrogens (tertiary/aromatic N) is 4. The van der Waals surface area contributed by atoms with Crippen LogP contribution in [0.25, 0.3) is 22.5 Å². The third-order valence-corrected chi connectivity index (χ3v) is 7.95. The van der Waals surface area contributed by atoms with Crippen LogP contribution in [0.5, 0.6) is 0 Å². The third kappa shape index (κ3) is 4.94. The number of urea groups is 1. The zero-order valence-corrected chi connectivity index (χ0v) is 22.1. The minimum atomic E-state index is 0.0132. The van der Waals surface area contributed by atoms with E-state index < -0.39 is 0 Å². The Morgan fingerprint density at radius 1 is 1.00 bits per heavy atom. The quantitative estimate of drug-likeness (QED) is 0.395. The van der Waals surface area contributed by atoms with E-state index in [2.05, 4.69) is 75.6 Å². The molecule has 1 saturated heterocycles. The van der Waals surface area contributed by atoms with E-state index in [9.17, 15) is 4.79 Å². The Labute approximate surface area is 223 Å². The standard InChI is InChI=1S/C31H34N6O/c1-21-7-6-8-22(2)26(21)19-36-15-13-25(18-36)33-31(38)37-16-14-29-27(20-37)30(35-34-29)24-11-12-28(32-17-24)23-9-4-3-5-10-23/h3-12,17,25H,13-16,18-20H2,1-2H3,(H,33,38)(H,34,35)/t25-/m1/s1. The number of H-pyrrole nitrogens is 1. The molecule has 38 heavy (non-hydrogen) atoms. The summed E-state index contributed by atoms with van der Waals surface area (Å²) in [5.74, 6) is 0. The molecule has 6 rings (SSSR count). The van der Waals surface area contributed by atoms with Gasteiger partial charge in [-0.25, -0.2) is 4.79 Å². The number of carbonyl (C=O) groups excluding carboxylic acids is 1. The number of hydrogen-bond acceptors (Lipinski definition) is 4. The van der Waals surface area contributed by atoms with Gasteiger partial charge in [0, 0.05) is 67.2 Å². The molecule has 0 bridgehead atoms. The molecule has 2 aromatic heterocycles. The van der Waals surface area contributed by atoms with Gasteiger partial charge in [0.15, 0.2) is 0 Å². The van der Waals surface area contributed by atoms with E-state index in [0.717, 1.165) is 66.2 Å². The van der Waals surface area contributed by atoms with Gasteiger partial charge in [-0.3, -0.25) is 15.0 Å². The number of benzene rings is 2. The maximum atomic E-state index is 13.3. The van der Waals surface area contributed by atoms with Crippen molar-refractivity contribution in [3.8, 4) is 22.5 Å². The molecule has 1 fully saturated rings. The Hall–Kier alpha value is -3.97. The molecule has 0 saturated carbocycles. The van der Waals surface area contributed by atoms with Crippen LogP contribution in [0.1, 0.15) is 34.4 Å². The molecular formula is C31H34N6O. The van der Waals surface area contributed by atoms with Crippen molar-refractivity contribution < 1.29 is 4.79 Å². The first kappa shape index (κ1) is 24.4. The summed E-state index contributed by atoms with van der Waals surface area (Å²) < 4.78 is 0. The van der Waals surface area contributed by atoms with Crippen molar-refractivity contribution in [3.05, 3.63) is 94.8 Å². The fourth-order valence-electron chi connectivity index (χ4n) is 5.70. The summed E-state index contributed by atoms with van der Waals surface area (Å²) in [7, 11) is 0. The highest BCUT2D eigenvalue weighted by Crippen LogP contribution is 2.29. The Bertz CT molecular complexity index is 1410. The van der Waals surface area contributed by atoms with Crippen LogP contribution in [0.3, 0.4) is 0 Å². The summed E-state index contributed by atoms with van der Waals surface area (Å²) in [6.45, 7) is 8.42. The molecule has 2 aliphatic heterocycles. The molecule has 0 aliphatic carbocycles. The lowest BCUT2D eigenvalue weighted by molar-refractivity contribution is 0.188. The summed E-state index contributed by atoms with van der Waals surface area (Å²) >= 11 is 0. The van der Waals surface area contributed by atoms with Gasteiger partial charge in [-0.1, -0.05) is 48.5 Å². The molecule has 0 spiro atoms. The summed E-state index contributed by atoms with van der Waals surface area (Å²) in [5, 5.41) is 11.1. The van der Waals surface area contributed by atoms with Gasteiger partial charge in [0.05, 0.1) is 17.9 Å². The topological polar surface area (TPSA) is 77.2 Å². The lowest BCUT2D eigenvalue weighted by Crippen LogP contribution is -2.47. The zero-order valence-electron chi connectivity index (χ0n) is 22.1. The van der Waals surface area contributed by atoms with Crippen LogP contribution in [-0.2, 0) is 19.5 Å². The summed E-state index contributed by atoms with van der Waals surface area (Å²) in [5.41, 5.74) is 10.1. The Morgan fingerprint density at radius 3 is 2.58 bits per heavy atom. The molecule has 2 N–H and O–H groups in total. The van der Waals surface area contributed by atoms with E-state index >= 15 is 0 Å². The van der Waals surface area contributed by atoms with Gasteiger partial charge >= 0.3 is 6.03 Å². The number of hydrogen-bond donors (Lipinski definition) is 2. The van der Waals surface area contributed by atoms with Crippen LogP contribution < -0.4 is 5.32 Å². The second kappa shape index (κ2) is 10.4. The molecule has 4 heterocycles. The van der Waals surface area contributed by atoms with Crippen molar-refractivity contribution in [2.24, 2.45) is 0 Å². The predicted octanol–water partition coefficient (Wildman–Crippen LogP) is 5.10. The number of rotatable bonds is 5. The molecule has 2 amide bonds. The van der Waals surface area contributed by atoms with Gasteiger partial charge in [-0.2, -0.15) is 5.10 Å². The SMILES string of the molecule is Cc1cccc(C)c1CN1CC[C@@H](NC(=O)N2CCc3[nH]nc(-c4ccc(-c5ccccc5)nc4)c3C2)C1. The first-order chi connectivity index (χ1) is 18.5. The fourth-order valence-corrected chi connectivity index (χ4v) is 5.70. The van der Waals surface area contributed by atoms with Crippen molar-refractivity contribution in [2.45, 2.75) is 45.8 Å². The second-order valence-electron chi connectivity index (χ2n) is 10.5. The highest BCUT2D eigenvalue weighted by atomic mass is 16.2. The lowest BCUT2D eigenvalue weighted by Gasteiger charge is -2.29. The minimum absolute atomic E-state index is 0.0132. The number of carbonyl (C=O) groups is 1. The number of aromatic amines is 1. The van der Waals surface area contributed by atoms with Crippen molar-refractivity contribution >= 4 is 6.03 Å². The minimum Gasteiger partial charge on any atom is -0.334 e. The van der Waals surface area contributed by atoms with E-state index in [1.54, 1.807) is 0 Å². The molecule has 194 valence electrons. The summed E-state index contributed by atoms with van der Waals surface area (Å²) in [4.78, 5) is 22.3. The van der Waals surface area contributed by atoms with Crippen molar-refractivity contribution in [3.63, 3.8) is 0 Å². The van der Waals surface area contributed by atoms with Gasteiger partial charge in [0.2, 0.25) is 0 Å². The first-order valence-electron chi connectivity index (χ1n) is 13.5. The molecule has 1 atom stereocenters. The molecule has 7 nitrogen and oxygen atoms in total. The molecule has 0 radical (unpaired) electrons. The Kier molecular flexibility index (Phi) is 6.68. The second-order valence-corrected chi connectivity index (χ2v) is 10.5.